The van der Waals surface area contributed by atoms with Crippen molar-refractivity contribution in [3.05, 3.63) is 52.8 Å². The van der Waals surface area contributed by atoms with Crippen molar-refractivity contribution in [1.29, 1.82) is 5.26 Å². The number of amides is 1. The molecule has 5 heteroatoms. The number of carbonyl (C=O) groups is 1. The van der Waals surface area contributed by atoms with Crippen LogP contribution >= 0.6 is 0 Å². The lowest BCUT2D eigenvalue weighted by Gasteiger charge is -2.10. The lowest BCUT2D eigenvalue weighted by molar-refractivity contribution is 0.0944. The molecule has 1 amide bonds. The molecule has 5 nitrogen and oxygen atoms in total. The number of nitriles is 1. The minimum absolute atomic E-state index is 0.219. The van der Waals surface area contributed by atoms with E-state index in [0.717, 1.165) is 17.0 Å². The molecule has 1 N–H and O–H groups in total. The molecule has 2 rings (SSSR count). The highest BCUT2D eigenvalue weighted by molar-refractivity contribution is 5.94. The number of aromatic nitrogens is 2. The fraction of sp³-hybridized carbons (Fsp3) is 0.353. The predicted molar refractivity (Wildman–Crippen MR) is 84.4 cm³/mol. The van der Waals surface area contributed by atoms with Crippen LogP contribution in [0.25, 0.3) is 0 Å². The van der Waals surface area contributed by atoms with Crippen LogP contribution in [0.1, 0.15) is 40.7 Å². The number of aryl methyl sites for hydroxylation is 2. The van der Waals surface area contributed by atoms with Crippen LogP contribution in [0.4, 0.5) is 0 Å². The second-order valence-electron chi connectivity index (χ2n) is 5.35. The van der Waals surface area contributed by atoms with Gasteiger partial charge in [0.2, 0.25) is 0 Å². The van der Waals surface area contributed by atoms with Gasteiger partial charge in [-0.15, -0.1) is 0 Å². The van der Waals surface area contributed by atoms with Gasteiger partial charge in [0.15, 0.2) is 0 Å². The highest BCUT2D eigenvalue weighted by Gasteiger charge is 2.12. The van der Waals surface area contributed by atoms with E-state index in [1.54, 1.807) is 6.07 Å². The van der Waals surface area contributed by atoms with Crippen LogP contribution in [-0.2, 0) is 6.54 Å². The predicted octanol–water partition coefficient (Wildman–Crippen LogP) is 2.58. The van der Waals surface area contributed by atoms with E-state index < -0.39 is 6.04 Å². The number of hydrogen-bond acceptors (Lipinski definition) is 3. The van der Waals surface area contributed by atoms with E-state index in [-0.39, 0.29) is 5.91 Å². The summed E-state index contributed by atoms with van der Waals surface area (Å²) in [5.41, 5.74) is 3.63. The Labute approximate surface area is 130 Å². The summed E-state index contributed by atoms with van der Waals surface area (Å²) in [5, 5.41) is 16.1. The van der Waals surface area contributed by atoms with E-state index in [1.807, 2.05) is 49.7 Å². The van der Waals surface area contributed by atoms with Crippen LogP contribution in [0.15, 0.2) is 30.3 Å². The Kier molecular flexibility index (Phi) is 4.95. The van der Waals surface area contributed by atoms with Crippen molar-refractivity contribution >= 4 is 5.91 Å². The number of nitrogens with one attached hydrogen (secondary N) is 1. The third-order valence-electron chi connectivity index (χ3n) is 3.49. The average molecular weight is 296 g/mol. The van der Waals surface area contributed by atoms with Crippen LogP contribution < -0.4 is 5.32 Å². The zero-order valence-electron chi connectivity index (χ0n) is 13.1. The second kappa shape index (κ2) is 6.90. The summed E-state index contributed by atoms with van der Waals surface area (Å²) in [7, 11) is 0. The van der Waals surface area contributed by atoms with Gasteiger partial charge in [0.1, 0.15) is 6.04 Å². The van der Waals surface area contributed by atoms with Crippen LogP contribution in [0.5, 0.6) is 0 Å². The Bertz CT molecular complexity index is 712. The topological polar surface area (TPSA) is 70.7 Å². The molecule has 1 aromatic heterocycles. The molecular formula is C17H20N4O. The number of rotatable bonds is 5. The molecule has 0 saturated heterocycles. The molecular weight excluding hydrogens is 276 g/mol. The Morgan fingerprint density at radius 1 is 1.41 bits per heavy atom. The molecule has 0 saturated carbocycles. The molecule has 0 aliphatic carbocycles. The molecule has 0 fully saturated rings. The molecule has 114 valence electrons. The number of hydrogen-bond donors (Lipinski definition) is 1. The van der Waals surface area contributed by atoms with E-state index in [2.05, 4.69) is 16.5 Å². The van der Waals surface area contributed by atoms with Crippen molar-refractivity contribution in [2.24, 2.45) is 0 Å². The second-order valence-corrected chi connectivity index (χ2v) is 5.35. The zero-order valence-corrected chi connectivity index (χ0v) is 13.1. The van der Waals surface area contributed by atoms with Gasteiger partial charge < -0.3 is 5.32 Å². The number of carbonyl (C=O) groups excluding carboxylic acids is 1. The summed E-state index contributed by atoms with van der Waals surface area (Å²) >= 11 is 0. The van der Waals surface area contributed by atoms with Crippen molar-refractivity contribution in [3.63, 3.8) is 0 Å². The lowest BCUT2D eigenvalue weighted by Crippen LogP contribution is -2.33. The van der Waals surface area contributed by atoms with E-state index in [9.17, 15) is 4.79 Å². The van der Waals surface area contributed by atoms with Crippen LogP contribution in [-0.4, -0.2) is 21.7 Å². The molecule has 0 aliphatic rings. The quantitative estimate of drug-likeness (QED) is 0.922. The molecule has 0 unspecified atom stereocenters. The maximum Gasteiger partial charge on any atom is 0.252 e. The van der Waals surface area contributed by atoms with Crippen LogP contribution in [0, 0.1) is 25.2 Å². The highest BCUT2D eigenvalue weighted by atomic mass is 16.1. The normalized spacial score (nSPS) is 11.7. The first-order valence-electron chi connectivity index (χ1n) is 7.34. The van der Waals surface area contributed by atoms with Gasteiger partial charge in [-0.1, -0.05) is 19.1 Å². The molecule has 2 aromatic rings. The standard InChI is InChI=1S/C17H20N4O/c1-4-16(10-18)19-17(22)15-7-5-6-14(9-15)11-21-13(3)8-12(2)20-21/h5-9,16H,4,11H2,1-3H3,(H,19,22)/t16-/m0/s1. The summed E-state index contributed by atoms with van der Waals surface area (Å²) in [6.45, 7) is 6.46. The van der Waals surface area contributed by atoms with Crippen molar-refractivity contribution in [1.82, 2.24) is 15.1 Å². The summed E-state index contributed by atoms with van der Waals surface area (Å²) in [5.74, 6) is -0.219. The van der Waals surface area contributed by atoms with Gasteiger partial charge in [0, 0.05) is 11.3 Å². The van der Waals surface area contributed by atoms with E-state index >= 15 is 0 Å². The first-order chi connectivity index (χ1) is 10.5. The van der Waals surface area contributed by atoms with Gasteiger partial charge in [0.05, 0.1) is 18.3 Å². The first kappa shape index (κ1) is 15.8. The van der Waals surface area contributed by atoms with E-state index in [1.165, 1.54) is 0 Å². The van der Waals surface area contributed by atoms with Crippen molar-refractivity contribution in [2.75, 3.05) is 0 Å². The third kappa shape index (κ3) is 3.73. The molecule has 0 radical (unpaired) electrons. The van der Waals surface area contributed by atoms with Gasteiger partial charge in [0.25, 0.3) is 5.91 Å². The first-order valence-corrected chi connectivity index (χ1v) is 7.34. The fourth-order valence-electron chi connectivity index (χ4n) is 2.29. The van der Waals surface area contributed by atoms with E-state index in [4.69, 9.17) is 5.26 Å². The Hall–Kier alpha value is -2.61. The number of benzene rings is 1. The molecule has 0 bridgehead atoms. The molecule has 1 aromatic carbocycles. The van der Waals surface area contributed by atoms with Crippen molar-refractivity contribution < 1.29 is 4.79 Å². The monoisotopic (exact) mass is 296 g/mol. The SMILES string of the molecule is CC[C@@H](C#N)NC(=O)c1cccc(Cn2nc(C)cc2C)c1. The Balaban J connectivity index is 2.15. The minimum Gasteiger partial charge on any atom is -0.336 e. The molecule has 1 heterocycles. The summed E-state index contributed by atoms with van der Waals surface area (Å²) in [6, 6.07) is 11.1. The summed E-state index contributed by atoms with van der Waals surface area (Å²) in [4.78, 5) is 12.2. The Morgan fingerprint density at radius 2 is 2.18 bits per heavy atom. The van der Waals surface area contributed by atoms with Gasteiger partial charge in [-0.05, 0) is 44.0 Å². The maximum atomic E-state index is 12.2. The maximum absolute atomic E-state index is 12.2. The highest BCUT2D eigenvalue weighted by Crippen LogP contribution is 2.10. The summed E-state index contributed by atoms with van der Waals surface area (Å²) < 4.78 is 1.91. The molecule has 1 atom stereocenters. The third-order valence-corrected chi connectivity index (χ3v) is 3.49. The summed E-state index contributed by atoms with van der Waals surface area (Å²) in [6.07, 6.45) is 0.591. The average Bonchev–Trinajstić information content (AvgIpc) is 2.82. The lowest BCUT2D eigenvalue weighted by atomic mass is 10.1. The van der Waals surface area contributed by atoms with E-state index in [0.29, 0.717) is 18.5 Å². The van der Waals surface area contributed by atoms with Gasteiger partial charge in [-0.25, -0.2) is 0 Å². The van der Waals surface area contributed by atoms with Crippen molar-refractivity contribution in [2.45, 2.75) is 39.8 Å². The molecule has 22 heavy (non-hydrogen) atoms. The zero-order chi connectivity index (χ0) is 16.1. The largest absolute Gasteiger partial charge is 0.336 e. The Morgan fingerprint density at radius 3 is 2.77 bits per heavy atom. The van der Waals surface area contributed by atoms with Crippen molar-refractivity contribution in [3.8, 4) is 6.07 Å². The number of nitrogens with zero attached hydrogens (tertiary/aromatic N) is 3. The minimum atomic E-state index is -0.452. The van der Waals surface area contributed by atoms with Crippen LogP contribution in [0.2, 0.25) is 0 Å². The molecule has 0 aliphatic heterocycles. The van der Waals surface area contributed by atoms with Gasteiger partial charge in [-0.2, -0.15) is 10.4 Å². The molecule has 0 spiro atoms. The van der Waals surface area contributed by atoms with Gasteiger partial charge >= 0.3 is 0 Å². The smallest absolute Gasteiger partial charge is 0.252 e. The van der Waals surface area contributed by atoms with Crippen LogP contribution in [0.3, 0.4) is 0 Å². The fourth-order valence-corrected chi connectivity index (χ4v) is 2.29. The van der Waals surface area contributed by atoms with Gasteiger partial charge in [-0.3, -0.25) is 9.48 Å².